The molecule has 4 saturated carbocycles. The largest absolute Gasteiger partial charge is 0.393 e. The molecule has 3 unspecified atom stereocenters. The number of amides is 12. The molecule has 0 aromatic carbocycles. The standard InChI is InChI=1S/C72H113ClF6N12O12/c1-13-33-89-55(38-45-22-26-47(27-23-45)71(74,75)76)66(100)84(8)40-56(92)80-50(29-25-44-24-28-48(49(73)37-44)72(77,78)79)63(97)90-34-17-21-51(90)62(96)82-70(31-18-32-70)69(103)88(12)60(46-19-15-16-20-46)68(102)87(11)54(64(98)83(6)7)39-57(93)86(10)53(36-42(3)4)61(95)81-59(43(5)14-2)67(101)91-35-30-52(91)65(99)85(9)41-58(89)94/h42-55,59-60H,13-41H2,1-12H3,(H,80,92)(H,81,95)(H,82,96)/t43-,44?,45?,47?,48?,49?,50-,51-,52-,53-,54-,55-,59-,60-/m0/s1. The van der Waals surface area contributed by atoms with Crippen molar-refractivity contribution < 1.29 is 83.9 Å². The Labute approximate surface area is 607 Å². The Morgan fingerprint density at radius 2 is 1.24 bits per heavy atom. The lowest BCUT2D eigenvalue weighted by Gasteiger charge is -2.46. The Morgan fingerprint density at radius 1 is 0.621 bits per heavy atom. The van der Waals surface area contributed by atoms with Gasteiger partial charge in [-0.2, -0.15) is 26.3 Å². The highest BCUT2D eigenvalue weighted by Crippen LogP contribution is 2.45. The normalized spacial score (nSPS) is 31.0. The van der Waals surface area contributed by atoms with Gasteiger partial charge in [-0.05, 0) is 158 Å². The first kappa shape index (κ1) is 83.8. The van der Waals surface area contributed by atoms with Crippen molar-refractivity contribution in [2.75, 3.05) is 82.1 Å². The van der Waals surface area contributed by atoms with Gasteiger partial charge in [0, 0.05) is 74.3 Å². The van der Waals surface area contributed by atoms with Gasteiger partial charge in [-0.1, -0.05) is 53.9 Å². The SMILES string of the molecule is CCCN1C(=O)CN(C)C(=O)[C@@H]2CCN2C(=O)[C@H]([C@@H](C)CC)NC(=O)[C@H](CC(C)C)N(C)C(=O)C[C@@H](C(=O)N(C)C)N(C)C(=O)[C@H](C2CCCC2)N(C)C(=O)C2(CCC2)NC(=O)[C@@H]2CCCN2C(=O)[C@H](CCC2CCC(C(F)(F)F)C(Cl)C2)NC(=O)CN(C)C(=O)[C@@H]1CC1CCC(C(F)(F)F)CC1. The molecule has 582 valence electrons. The Morgan fingerprint density at radius 3 is 1.79 bits per heavy atom. The zero-order valence-corrected chi connectivity index (χ0v) is 63.1. The van der Waals surface area contributed by atoms with Gasteiger partial charge in [0.1, 0.15) is 53.9 Å². The van der Waals surface area contributed by atoms with Crippen LogP contribution in [-0.2, 0) is 57.5 Å². The van der Waals surface area contributed by atoms with Crippen LogP contribution in [-0.4, -0.2) is 269 Å². The summed E-state index contributed by atoms with van der Waals surface area (Å²) in [5, 5.41) is 7.37. The van der Waals surface area contributed by atoms with Crippen molar-refractivity contribution in [2.24, 2.45) is 41.4 Å². The van der Waals surface area contributed by atoms with E-state index in [1.165, 1.54) is 78.7 Å². The van der Waals surface area contributed by atoms with Crippen LogP contribution in [0.4, 0.5) is 26.3 Å². The first-order valence-electron chi connectivity index (χ1n) is 37.4. The molecular weight excluding hydrogens is 1370 g/mol. The van der Waals surface area contributed by atoms with E-state index in [0.29, 0.717) is 32.1 Å². The molecule has 7 aliphatic rings. The third kappa shape index (κ3) is 20.2. The highest BCUT2D eigenvalue weighted by molar-refractivity contribution is 6.21. The highest BCUT2D eigenvalue weighted by atomic mass is 35.5. The van der Waals surface area contributed by atoms with E-state index in [-0.39, 0.29) is 128 Å². The number of hydrogen-bond acceptors (Lipinski definition) is 12. The van der Waals surface area contributed by atoms with Crippen molar-refractivity contribution in [1.82, 2.24) is 60.0 Å². The van der Waals surface area contributed by atoms with Gasteiger partial charge in [0.2, 0.25) is 70.9 Å². The van der Waals surface area contributed by atoms with E-state index >= 15 is 19.2 Å². The summed E-state index contributed by atoms with van der Waals surface area (Å²) >= 11 is 6.39. The lowest BCUT2D eigenvalue weighted by atomic mass is 9.74. The second-order valence-corrected chi connectivity index (χ2v) is 31.9. The fraction of sp³-hybridized carbons (Fsp3) is 0.833. The average Bonchev–Trinajstić information content (AvgIpc) is 1.63. The van der Waals surface area contributed by atoms with Crippen molar-refractivity contribution in [3.63, 3.8) is 0 Å². The molecule has 7 fully saturated rings. The molecule has 4 aliphatic carbocycles. The fourth-order valence-electron chi connectivity index (χ4n) is 16.6. The maximum Gasteiger partial charge on any atom is 0.393 e. The van der Waals surface area contributed by atoms with Crippen LogP contribution in [0.25, 0.3) is 0 Å². The molecule has 1 spiro atoms. The Hall–Kier alpha value is -6.49. The summed E-state index contributed by atoms with van der Waals surface area (Å²) in [5.41, 5.74) is -1.57. The lowest BCUT2D eigenvalue weighted by molar-refractivity contribution is -0.184. The molecule has 0 aromatic rings. The summed E-state index contributed by atoms with van der Waals surface area (Å²) in [5.74, 6) is -13.8. The number of nitrogens with zero attached hydrogens (tertiary/aromatic N) is 9. The van der Waals surface area contributed by atoms with Crippen molar-refractivity contribution in [3.8, 4) is 0 Å². The third-order valence-electron chi connectivity index (χ3n) is 23.4. The molecule has 0 aromatic heterocycles. The monoisotopic (exact) mass is 1490 g/mol. The molecule has 12 atom stereocenters. The van der Waals surface area contributed by atoms with Crippen LogP contribution in [0.5, 0.6) is 0 Å². The van der Waals surface area contributed by atoms with Crippen LogP contribution in [0.1, 0.15) is 189 Å². The molecule has 0 radical (unpaired) electrons. The number of nitrogens with one attached hydrogen (secondary N) is 3. The molecule has 7 rings (SSSR count). The van der Waals surface area contributed by atoms with Crippen LogP contribution in [0.3, 0.4) is 0 Å². The van der Waals surface area contributed by atoms with Gasteiger partial charge in [-0.3, -0.25) is 57.5 Å². The minimum Gasteiger partial charge on any atom is -0.347 e. The van der Waals surface area contributed by atoms with Gasteiger partial charge in [-0.25, -0.2) is 0 Å². The molecule has 103 heavy (non-hydrogen) atoms. The van der Waals surface area contributed by atoms with Gasteiger partial charge >= 0.3 is 12.4 Å². The molecular formula is C72H113ClF6N12O12. The molecule has 24 nitrogen and oxygen atoms in total. The van der Waals surface area contributed by atoms with Crippen LogP contribution in [0, 0.1) is 41.4 Å². The Bertz CT molecular complexity index is 3050. The quantitative estimate of drug-likeness (QED) is 0.132. The molecule has 3 N–H and O–H groups in total. The first-order chi connectivity index (χ1) is 48.3. The summed E-state index contributed by atoms with van der Waals surface area (Å²) in [6.07, 6.45) is -5.80. The zero-order valence-electron chi connectivity index (χ0n) is 62.3. The Balaban J connectivity index is 1.28. The fourth-order valence-corrected chi connectivity index (χ4v) is 17.1. The van der Waals surface area contributed by atoms with E-state index in [1.54, 1.807) is 13.8 Å². The molecule has 0 bridgehead atoms. The number of likely N-dealkylation sites (N-methyl/N-ethyl adjacent to an activating group) is 6. The number of fused-ring (bicyclic) bond motifs is 2. The molecule has 12 amide bonds. The smallest absolute Gasteiger partial charge is 0.347 e. The molecule has 3 heterocycles. The van der Waals surface area contributed by atoms with Crippen LogP contribution >= 0.6 is 11.6 Å². The summed E-state index contributed by atoms with van der Waals surface area (Å²) in [6.45, 7) is 7.62. The average molecular weight is 1490 g/mol. The maximum atomic E-state index is 15.4. The molecule has 31 heteroatoms. The number of carbonyl (C=O) groups excluding carboxylic acids is 12. The summed E-state index contributed by atoms with van der Waals surface area (Å²) in [6, 6.07) is -10.3. The van der Waals surface area contributed by atoms with Crippen molar-refractivity contribution in [1.29, 1.82) is 0 Å². The van der Waals surface area contributed by atoms with Gasteiger partial charge < -0.3 is 60.0 Å². The minimum atomic E-state index is -4.55. The summed E-state index contributed by atoms with van der Waals surface area (Å²) < 4.78 is 84.2. The number of halogens is 7. The maximum absolute atomic E-state index is 15.4. The van der Waals surface area contributed by atoms with Crippen LogP contribution in [0.15, 0.2) is 0 Å². The lowest BCUT2D eigenvalue weighted by Crippen LogP contribution is -2.68. The zero-order chi connectivity index (χ0) is 76.5. The molecule has 3 saturated heterocycles. The predicted octanol–water partition coefficient (Wildman–Crippen LogP) is 6.49. The van der Waals surface area contributed by atoms with Gasteiger partial charge in [-0.15, -0.1) is 11.6 Å². The van der Waals surface area contributed by atoms with E-state index in [1.807, 2.05) is 20.8 Å². The minimum absolute atomic E-state index is 0.00858. The van der Waals surface area contributed by atoms with Gasteiger partial charge in [0.15, 0.2) is 0 Å². The van der Waals surface area contributed by atoms with E-state index in [4.69, 9.17) is 11.6 Å². The third-order valence-corrected chi connectivity index (χ3v) is 23.9. The van der Waals surface area contributed by atoms with Crippen molar-refractivity contribution in [2.45, 2.75) is 260 Å². The highest BCUT2D eigenvalue weighted by Gasteiger charge is 2.54. The number of carbonyl (C=O) groups is 12. The second kappa shape index (κ2) is 35.7. The van der Waals surface area contributed by atoms with Crippen molar-refractivity contribution >= 4 is 82.5 Å². The van der Waals surface area contributed by atoms with E-state index < -0.39 is 198 Å². The molecule has 3 aliphatic heterocycles. The topological polar surface area (TPSA) is 270 Å². The van der Waals surface area contributed by atoms with Crippen molar-refractivity contribution in [3.05, 3.63) is 0 Å². The van der Waals surface area contributed by atoms with Crippen LogP contribution < -0.4 is 16.0 Å². The predicted molar refractivity (Wildman–Crippen MR) is 370 cm³/mol. The van der Waals surface area contributed by atoms with E-state index in [0.717, 1.165) is 27.5 Å². The van der Waals surface area contributed by atoms with Gasteiger partial charge in [0.25, 0.3) is 0 Å². The van der Waals surface area contributed by atoms with E-state index in [9.17, 15) is 64.7 Å². The van der Waals surface area contributed by atoms with Crippen LogP contribution in [0.2, 0.25) is 0 Å². The second-order valence-electron chi connectivity index (χ2n) is 31.3. The first-order valence-corrected chi connectivity index (χ1v) is 37.8. The summed E-state index contributed by atoms with van der Waals surface area (Å²) in [7, 11) is 9.81. The number of rotatable bonds is 13. The Kier molecular flexibility index (Phi) is 29.1. The van der Waals surface area contributed by atoms with E-state index in [2.05, 4.69) is 16.0 Å². The number of alkyl halides is 7. The number of hydrogen-bond donors (Lipinski definition) is 3. The van der Waals surface area contributed by atoms with Gasteiger partial charge in [0.05, 0.1) is 31.3 Å². The summed E-state index contributed by atoms with van der Waals surface area (Å²) in [4.78, 5) is 190.